The van der Waals surface area contributed by atoms with Gasteiger partial charge in [-0.1, -0.05) is 30.7 Å². The summed E-state index contributed by atoms with van der Waals surface area (Å²) in [7, 11) is 0. The zero-order chi connectivity index (χ0) is 13.0. The van der Waals surface area contributed by atoms with Crippen molar-refractivity contribution in [2.45, 2.75) is 51.3 Å². The van der Waals surface area contributed by atoms with Gasteiger partial charge in [-0.15, -0.1) is 0 Å². The summed E-state index contributed by atoms with van der Waals surface area (Å²) >= 11 is 5.93. The van der Waals surface area contributed by atoms with Crippen molar-refractivity contribution >= 4 is 11.6 Å². The summed E-state index contributed by atoms with van der Waals surface area (Å²) in [6.45, 7) is 5.24. The molecule has 100 valence electrons. The van der Waals surface area contributed by atoms with Crippen molar-refractivity contribution < 1.29 is 4.74 Å². The second kappa shape index (κ2) is 6.55. The van der Waals surface area contributed by atoms with Gasteiger partial charge >= 0.3 is 0 Å². The largest absolute Gasteiger partial charge is 0.378 e. The third-order valence-corrected chi connectivity index (χ3v) is 3.85. The molecule has 0 radical (unpaired) electrons. The fourth-order valence-electron chi connectivity index (χ4n) is 2.58. The topological polar surface area (TPSA) is 21.3 Å². The summed E-state index contributed by atoms with van der Waals surface area (Å²) in [5.74, 6) is 0. The van der Waals surface area contributed by atoms with Gasteiger partial charge in [0, 0.05) is 23.7 Å². The molecule has 2 nitrogen and oxygen atoms in total. The minimum atomic E-state index is 0.374. The molecule has 0 saturated carbocycles. The second-order valence-corrected chi connectivity index (χ2v) is 5.52. The van der Waals surface area contributed by atoms with E-state index in [1.807, 2.05) is 12.1 Å². The van der Waals surface area contributed by atoms with Gasteiger partial charge in [0.1, 0.15) is 0 Å². The smallest absolute Gasteiger partial charge is 0.0561 e. The third-order valence-electron chi connectivity index (χ3n) is 3.60. The molecular formula is C15H22ClNO. The Labute approximate surface area is 115 Å². The molecule has 3 unspecified atom stereocenters. The summed E-state index contributed by atoms with van der Waals surface area (Å²) < 4.78 is 5.59. The van der Waals surface area contributed by atoms with Gasteiger partial charge in [-0.2, -0.15) is 0 Å². The van der Waals surface area contributed by atoms with Crippen LogP contribution < -0.4 is 5.32 Å². The molecule has 3 atom stereocenters. The molecule has 2 rings (SSSR count). The number of hydrogen-bond acceptors (Lipinski definition) is 2. The minimum Gasteiger partial charge on any atom is -0.378 e. The van der Waals surface area contributed by atoms with Crippen LogP contribution in [0.3, 0.4) is 0 Å². The predicted molar refractivity (Wildman–Crippen MR) is 76.1 cm³/mol. The van der Waals surface area contributed by atoms with Gasteiger partial charge in [0.05, 0.1) is 6.10 Å². The van der Waals surface area contributed by atoms with E-state index in [-0.39, 0.29) is 0 Å². The highest BCUT2D eigenvalue weighted by atomic mass is 35.5. The molecule has 18 heavy (non-hydrogen) atoms. The molecule has 0 aliphatic carbocycles. The van der Waals surface area contributed by atoms with Crippen LogP contribution in [0.5, 0.6) is 0 Å². The summed E-state index contributed by atoms with van der Waals surface area (Å²) in [6, 6.07) is 9.15. The van der Waals surface area contributed by atoms with E-state index in [9.17, 15) is 0 Å². The summed E-state index contributed by atoms with van der Waals surface area (Å²) in [4.78, 5) is 0. The molecule has 0 spiro atoms. The fourth-order valence-corrected chi connectivity index (χ4v) is 2.70. The van der Waals surface area contributed by atoms with Crippen LogP contribution >= 0.6 is 11.6 Å². The Morgan fingerprint density at radius 3 is 2.72 bits per heavy atom. The summed E-state index contributed by atoms with van der Waals surface area (Å²) in [5.41, 5.74) is 1.32. The average molecular weight is 268 g/mol. The van der Waals surface area contributed by atoms with Gasteiger partial charge < -0.3 is 10.1 Å². The minimum absolute atomic E-state index is 0.374. The quantitative estimate of drug-likeness (QED) is 0.892. The van der Waals surface area contributed by atoms with Crippen LogP contribution in [-0.2, 0) is 4.74 Å². The zero-order valence-electron chi connectivity index (χ0n) is 11.2. The zero-order valence-corrected chi connectivity index (χ0v) is 11.9. The first-order valence-electron chi connectivity index (χ1n) is 6.82. The molecule has 1 saturated heterocycles. The van der Waals surface area contributed by atoms with E-state index in [2.05, 4.69) is 31.3 Å². The van der Waals surface area contributed by atoms with Gasteiger partial charge in [0.2, 0.25) is 0 Å². The molecule has 1 aliphatic rings. The van der Waals surface area contributed by atoms with Gasteiger partial charge in [-0.25, -0.2) is 0 Å². The van der Waals surface area contributed by atoms with Crippen LogP contribution in [0.25, 0.3) is 0 Å². The van der Waals surface area contributed by atoms with Crippen molar-refractivity contribution in [1.29, 1.82) is 0 Å². The maximum absolute atomic E-state index is 5.93. The summed E-state index contributed by atoms with van der Waals surface area (Å²) in [6.07, 6.45) is 3.67. The van der Waals surface area contributed by atoms with Gasteiger partial charge in [0.15, 0.2) is 0 Å². The number of halogens is 1. The molecule has 0 aromatic heterocycles. The number of rotatable bonds is 4. The predicted octanol–water partition coefficient (Wildman–Crippen LogP) is 3.95. The monoisotopic (exact) mass is 267 g/mol. The molecule has 1 N–H and O–H groups in total. The second-order valence-electron chi connectivity index (χ2n) is 5.08. The van der Waals surface area contributed by atoms with Crippen molar-refractivity contribution in [3.8, 4) is 0 Å². The number of ether oxygens (including phenoxy) is 1. The normalized spacial score (nSPS) is 25.9. The van der Waals surface area contributed by atoms with Crippen LogP contribution in [0.1, 0.15) is 44.7 Å². The van der Waals surface area contributed by atoms with Gasteiger partial charge in [-0.05, 0) is 43.9 Å². The standard InChI is InChI=1S/C15H22ClNO/c1-3-15(12-4-6-13(16)7-5-12)17-14-8-9-18-11(2)10-14/h4-7,11,14-15,17H,3,8-10H2,1-2H3. The Morgan fingerprint density at radius 2 is 2.11 bits per heavy atom. The lowest BCUT2D eigenvalue weighted by Crippen LogP contribution is -2.39. The van der Waals surface area contributed by atoms with E-state index in [1.165, 1.54) is 5.56 Å². The molecule has 1 fully saturated rings. The summed E-state index contributed by atoms with van der Waals surface area (Å²) in [5, 5.41) is 4.55. The van der Waals surface area contributed by atoms with Crippen LogP contribution in [0.2, 0.25) is 5.02 Å². The van der Waals surface area contributed by atoms with E-state index in [0.717, 1.165) is 30.9 Å². The van der Waals surface area contributed by atoms with Crippen LogP contribution in [0.4, 0.5) is 0 Å². The maximum atomic E-state index is 5.93. The average Bonchev–Trinajstić information content (AvgIpc) is 2.37. The Morgan fingerprint density at radius 1 is 1.39 bits per heavy atom. The lowest BCUT2D eigenvalue weighted by Gasteiger charge is -2.31. The number of benzene rings is 1. The molecule has 0 bridgehead atoms. The molecule has 1 heterocycles. The molecule has 1 aliphatic heterocycles. The van der Waals surface area contributed by atoms with E-state index < -0.39 is 0 Å². The highest BCUT2D eigenvalue weighted by Gasteiger charge is 2.21. The van der Waals surface area contributed by atoms with Crippen molar-refractivity contribution in [3.05, 3.63) is 34.9 Å². The third kappa shape index (κ3) is 3.71. The highest BCUT2D eigenvalue weighted by molar-refractivity contribution is 6.30. The van der Waals surface area contributed by atoms with Crippen molar-refractivity contribution in [2.24, 2.45) is 0 Å². The lowest BCUT2D eigenvalue weighted by atomic mass is 9.99. The maximum Gasteiger partial charge on any atom is 0.0561 e. The van der Waals surface area contributed by atoms with E-state index in [0.29, 0.717) is 18.2 Å². The number of nitrogens with one attached hydrogen (secondary N) is 1. The van der Waals surface area contributed by atoms with E-state index in [4.69, 9.17) is 16.3 Å². The van der Waals surface area contributed by atoms with Crippen molar-refractivity contribution in [2.75, 3.05) is 6.61 Å². The van der Waals surface area contributed by atoms with Crippen LogP contribution in [0, 0.1) is 0 Å². The first kappa shape index (κ1) is 13.9. The highest BCUT2D eigenvalue weighted by Crippen LogP contribution is 2.22. The van der Waals surface area contributed by atoms with Crippen LogP contribution in [-0.4, -0.2) is 18.8 Å². The van der Waals surface area contributed by atoms with Gasteiger partial charge in [-0.3, -0.25) is 0 Å². The van der Waals surface area contributed by atoms with Gasteiger partial charge in [0.25, 0.3) is 0 Å². The SMILES string of the molecule is CCC(NC1CCOC(C)C1)c1ccc(Cl)cc1. The van der Waals surface area contributed by atoms with E-state index in [1.54, 1.807) is 0 Å². The Balaban J connectivity index is 1.98. The first-order chi connectivity index (χ1) is 8.69. The van der Waals surface area contributed by atoms with Crippen molar-refractivity contribution in [3.63, 3.8) is 0 Å². The molecule has 1 aromatic rings. The molecule has 0 amide bonds. The molecule has 3 heteroatoms. The Kier molecular flexibility index (Phi) is 5.04. The molecule has 1 aromatic carbocycles. The Bertz CT molecular complexity index is 365. The van der Waals surface area contributed by atoms with Crippen molar-refractivity contribution in [1.82, 2.24) is 5.32 Å². The Hall–Kier alpha value is -0.570. The first-order valence-corrected chi connectivity index (χ1v) is 7.20. The molecular weight excluding hydrogens is 246 g/mol. The lowest BCUT2D eigenvalue weighted by molar-refractivity contribution is 0.0111. The fraction of sp³-hybridized carbons (Fsp3) is 0.600. The number of hydrogen-bond donors (Lipinski definition) is 1. The van der Waals surface area contributed by atoms with Crippen LogP contribution in [0.15, 0.2) is 24.3 Å². The van der Waals surface area contributed by atoms with E-state index >= 15 is 0 Å².